The molecule has 4 aromatic carbocycles. The van der Waals surface area contributed by atoms with Crippen molar-refractivity contribution in [2.24, 2.45) is 0 Å². The smallest absolute Gasteiger partial charge is 0.331 e. The SMILES string of the molecule is O=C(C(c1ccccc1)c1ccccc1)N1C[C@@]2(C(=O)O)C[C@H]1CN2C(=O)C(c1ccccc1)c1ccc(F)cc1. The van der Waals surface area contributed by atoms with Gasteiger partial charge >= 0.3 is 5.97 Å². The summed E-state index contributed by atoms with van der Waals surface area (Å²) >= 11 is 0. The lowest BCUT2D eigenvalue weighted by molar-refractivity contribution is -0.160. The number of carboxylic acid groups (broad SMARTS) is 1. The number of hydrogen-bond donors (Lipinski definition) is 1. The molecule has 41 heavy (non-hydrogen) atoms. The number of hydrogen-bond acceptors (Lipinski definition) is 3. The van der Waals surface area contributed by atoms with Gasteiger partial charge in [0.2, 0.25) is 11.8 Å². The van der Waals surface area contributed by atoms with Gasteiger partial charge in [-0.1, -0.05) is 103 Å². The molecule has 4 aromatic rings. The number of piperazine rings is 1. The van der Waals surface area contributed by atoms with Crippen LogP contribution in [0.5, 0.6) is 0 Å². The van der Waals surface area contributed by atoms with Crippen molar-refractivity contribution < 1.29 is 23.9 Å². The summed E-state index contributed by atoms with van der Waals surface area (Å²) in [5.41, 5.74) is 1.36. The van der Waals surface area contributed by atoms with Crippen LogP contribution in [-0.4, -0.2) is 57.4 Å². The Hall–Kier alpha value is -4.78. The zero-order valence-corrected chi connectivity index (χ0v) is 22.3. The molecule has 0 saturated carbocycles. The first-order valence-corrected chi connectivity index (χ1v) is 13.6. The Kier molecular flexibility index (Phi) is 6.87. The lowest BCUT2D eigenvalue weighted by Crippen LogP contribution is -2.62. The van der Waals surface area contributed by atoms with Crippen molar-refractivity contribution in [3.8, 4) is 0 Å². The van der Waals surface area contributed by atoms with Crippen LogP contribution in [0.25, 0.3) is 0 Å². The maximum Gasteiger partial charge on any atom is 0.331 e. The van der Waals surface area contributed by atoms with Crippen molar-refractivity contribution in [1.29, 1.82) is 0 Å². The van der Waals surface area contributed by atoms with Gasteiger partial charge in [-0.25, -0.2) is 9.18 Å². The van der Waals surface area contributed by atoms with E-state index in [-0.39, 0.29) is 31.3 Å². The van der Waals surface area contributed by atoms with Crippen molar-refractivity contribution in [2.75, 3.05) is 13.1 Å². The number of likely N-dealkylation sites (tertiary alicyclic amines) is 2. The first-order chi connectivity index (χ1) is 19.9. The molecule has 6 nitrogen and oxygen atoms in total. The Morgan fingerprint density at radius 2 is 1.12 bits per heavy atom. The molecule has 1 N–H and O–H groups in total. The number of carboxylic acids is 1. The van der Waals surface area contributed by atoms with Crippen LogP contribution in [0.1, 0.15) is 40.5 Å². The topological polar surface area (TPSA) is 77.9 Å². The van der Waals surface area contributed by atoms with Gasteiger partial charge in [0.15, 0.2) is 5.54 Å². The van der Waals surface area contributed by atoms with Gasteiger partial charge in [0.25, 0.3) is 0 Å². The normalized spacial score (nSPS) is 20.3. The molecule has 2 aliphatic heterocycles. The van der Waals surface area contributed by atoms with E-state index in [9.17, 15) is 23.9 Å². The molecule has 0 radical (unpaired) electrons. The fourth-order valence-corrected chi connectivity index (χ4v) is 6.42. The van der Waals surface area contributed by atoms with Crippen LogP contribution in [0.15, 0.2) is 115 Å². The molecule has 0 aliphatic carbocycles. The zero-order chi connectivity index (χ0) is 28.6. The number of rotatable bonds is 7. The summed E-state index contributed by atoms with van der Waals surface area (Å²) in [6, 6.07) is 33.3. The average molecular weight is 549 g/mol. The molecule has 2 saturated heterocycles. The maximum absolute atomic E-state index is 14.2. The maximum atomic E-state index is 14.2. The number of halogens is 1. The monoisotopic (exact) mass is 548 g/mol. The first kappa shape index (κ1) is 26.4. The fraction of sp³-hybridized carbons (Fsp3) is 0.206. The van der Waals surface area contributed by atoms with Crippen LogP contribution in [0.2, 0.25) is 0 Å². The van der Waals surface area contributed by atoms with E-state index in [1.807, 2.05) is 91.0 Å². The van der Waals surface area contributed by atoms with Gasteiger partial charge in [-0.2, -0.15) is 0 Å². The molecular weight excluding hydrogens is 519 g/mol. The van der Waals surface area contributed by atoms with Crippen molar-refractivity contribution in [1.82, 2.24) is 9.80 Å². The Balaban J connectivity index is 1.34. The third-order valence-electron chi connectivity index (χ3n) is 8.40. The fourth-order valence-electron chi connectivity index (χ4n) is 6.42. The molecule has 3 atom stereocenters. The second-order valence-electron chi connectivity index (χ2n) is 10.8. The molecule has 0 aromatic heterocycles. The summed E-state index contributed by atoms with van der Waals surface area (Å²) in [5, 5.41) is 10.6. The molecule has 7 heteroatoms. The average Bonchev–Trinajstić information content (AvgIpc) is 3.58. The highest BCUT2D eigenvalue weighted by molar-refractivity contribution is 5.96. The molecule has 2 fully saturated rings. The highest BCUT2D eigenvalue weighted by Gasteiger charge is 2.63. The molecule has 206 valence electrons. The Bertz CT molecular complexity index is 1520. The molecule has 1 unspecified atom stereocenters. The standard InChI is InChI=1S/C34H29FN2O4/c35-27-18-16-26(17-19-27)30(25-14-8-3-9-15-25)32(39)37-21-28-20-34(37,33(40)41)22-36(28)31(38)29(23-10-4-1-5-11-23)24-12-6-2-7-13-24/h1-19,28-30H,20-22H2,(H,40,41)/t28-,30?,34+/m0/s1. The zero-order valence-electron chi connectivity index (χ0n) is 22.3. The highest BCUT2D eigenvalue weighted by atomic mass is 19.1. The van der Waals surface area contributed by atoms with Gasteiger partial charge in [-0.3, -0.25) is 9.59 Å². The number of aliphatic carboxylic acids is 1. The van der Waals surface area contributed by atoms with Gasteiger partial charge in [0.1, 0.15) is 5.82 Å². The van der Waals surface area contributed by atoms with Crippen LogP contribution in [0.3, 0.4) is 0 Å². The number of nitrogens with zero attached hydrogens (tertiary/aromatic N) is 2. The minimum Gasteiger partial charge on any atom is -0.479 e. The lowest BCUT2D eigenvalue weighted by Gasteiger charge is -2.42. The third-order valence-corrected chi connectivity index (χ3v) is 8.40. The molecule has 2 aliphatic rings. The minimum atomic E-state index is -1.55. The molecule has 2 amide bonds. The number of carbonyl (C=O) groups excluding carboxylic acids is 2. The Morgan fingerprint density at radius 3 is 1.59 bits per heavy atom. The van der Waals surface area contributed by atoms with Gasteiger partial charge in [-0.05, 0) is 34.4 Å². The summed E-state index contributed by atoms with van der Waals surface area (Å²) in [4.78, 5) is 44.4. The summed E-state index contributed by atoms with van der Waals surface area (Å²) in [6.45, 7) is 0.0103. The molecule has 2 bridgehead atoms. The summed E-state index contributed by atoms with van der Waals surface area (Å²) in [7, 11) is 0. The lowest BCUT2D eigenvalue weighted by atomic mass is 9.87. The van der Waals surface area contributed by atoms with Crippen molar-refractivity contribution in [2.45, 2.75) is 29.8 Å². The molecule has 6 rings (SSSR count). The van der Waals surface area contributed by atoms with Gasteiger partial charge in [-0.15, -0.1) is 0 Å². The number of fused-ring (bicyclic) bond motifs is 2. The molecular formula is C34H29FN2O4. The quantitative estimate of drug-likeness (QED) is 0.351. The van der Waals surface area contributed by atoms with Crippen LogP contribution < -0.4 is 0 Å². The van der Waals surface area contributed by atoms with E-state index in [1.54, 1.807) is 17.0 Å². The van der Waals surface area contributed by atoms with Crippen molar-refractivity contribution in [3.05, 3.63) is 143 Å². The number of amides is 2. The summed E-state index contributed by atoms with van der Waals surface area (Å²) < 4.78 is 13.8. The van der Waals surface area contributed by atoms with E-state index in [1.165, 1.54) is 17.0 Å². The van der Waals surface area contributed by atoms with Crippen LogP contribution in [-0.2, 0) is 14.4 Å². The van der Waals surface area contributed by atoms with Gasteiger partial charge in [0, 0.05) is 13.0 Å². The van der Waals surface area contributed by atoms with Crippen molar-refractivity contribution in [3.63, 3.8) is 0 Å². The van der Waals surface area contributed by atoms with Gasteiger partial charge < -0.3 is 14.9 Å². The van der Waals surface area contributed by atoms with E-state index in [0.29, 0.717) is 11.1 Å². The van der Waals surface area contributed by atoms with Crippen molar-refractivity contribution >= 4 is 17.8 Å². The van der Waals surface area contributed by atoms with E-state index in [4.69, 9.17) is 0 Å². The van der Waals surface area contributed by atoms with Crippen LogP contribution >= 0.6 is 0 Å². The summed E-state index contributed by atoms with van der Waals surface area (Å²) in [5.74, 6) is -3.51. The molecule has 2 heterocycles. The predicted octanol–water partition coefficient (Wildman–Crippen LogP) is 5.06. The summed E-state index contributed by atoms with van der Waals surface area (Å²) in [6.07, 6.45) is 0.154. The minimum absolute atomic E-state index is 0.0985. The highest BCUT2D eigenvalue weighted by Crippen LogP contribution is 2.44. The number of benzene rings is 4. The van der Waals surface area contributed by atoms with E-state index >= 15 is 0 Å². The number of carbonyl (C=O) groups is 3. The Labute approximate surface area is 237 Å². The van der Waals surface area contributed by atoms with Crippen LogP contribution in [0.4, 0.5) is 4.39 Å². The first-order valence-electron chi connectivity index (χ1n) is 13.6. The van der Waals surface area contributed by atoms with E-state index in [0.717, 1.165) is 11.1 Å². The Morgan fingerprint density at radius 1 is 0.683 bits per heavy atom. The van der Waals surface area contributed by atoms with Gasteiger partial charge in [0.05, 0.1) is 24.4 Å². The second kappa shape index (κ2) is 10.7. The second-order valence-corrected chi connectivity index (χ2v) is 10.8. The largest absolute Gasteiger partial charge is 0.479 e. The van der Waals surface area contributed by atoms with E-state index in [2.05, 4.69) is 0 Å². The third kappa shape index (κ3) is 4.67. The van der Waals surface area contributed by atoms with E-state index < -0.39 is 35.2 Å². The molecule has 0 spiro atoms. The van der Waals surface area contributed by atoms with Crippen LogP contribution in [0, 0.1) is 5.82 Å². The predicted molar refractivity (Wildman–Crippen MR) is 152 cm³/mol.